The van der Waals surface area contributed by atoms with Gasteiger partial charge in [-0.1, -0.05) is 6.07 Å². The molecule has 0 atom stereocenters. The van der Waals surface area contributed by atoms with Gasteiger partial charge in [0, 0.05) is 43.3 Å². The first-order valence-electron chi connectivity index (χ1n) is 7.43. The zero-order valence-electron chi connectivity index (χ0n) is 12.1. The molecule has 108 valence electrons. The van der Waals surface area contributed by atoms with Crippen molar-refractivity contribution >= 4 is 10.9 Å². The Kier molecular flexibility index (Phi) is 3.94. The van der Waals surface area contributed by atoms with Crippen LogP contribution in [0.25, 0.3) is 10.9 Å². The second kappa shape index (κ2) is 5.85. The van der Waals surface area contributed by atoms with Crippen LogP contribution in [0.2, 0.25) is 0 Å². The highest BCUT2D eigenvalue weighted by molar-refractivity contribution is 5.88. The van der Waals surface area contributed by atoms with E-state index in [1.165, 1.54) is 31.7 Å². The Balaban J connectivity index is 1.58. The van der Waals surface area contributed by atoms with E-state index in [0.717, 1.165) is 30.3 Å². The number of aromatic nitrogens is 1. The van der Waals surface area contributed by atoms with Crippen LogP contribution in [0.15, 0.2) is 24.4 Å². The predicted molar refractivity (Wildman–Crippen MR) is 82.2 cm³/mol. The molecule has 0 unspecified atom stereocenters. The minimum atomic E-state index is 0.387. The van der Waals surface area contributed by atoms with Gasteiger partial charge in [0.2, 0.25) is 0 Å². The number of aryl methyl sites for hydroxylation is 1. The summed E-state index contributed by atoms with van der Waals surface area (Å²) in [5.74, 6) is 0.387. The number of likely N-dealkylation sites (N-methyl/N-ethyl adjacent to an activating group) is 1. The summed E-state index contributed by atoms with van der Waals surface area (Å²) >= 11 is 0. The van der Waals surface area contributed by atoms with Gasteiger partial charge in [0.15, 0.2) is 0 Å². The van der Waals surface area contributed by atoms with Crippen molar-refractivity contribution in [3.05, 3.63) is 30.0 Å². The summed E-state index contributed by atoms with van der Waals surface area (Å²) in [4.78, 5) is 8.16. The zero-order valence-corrected chi connectivity index (χ0v) is 12.1. The van der Waals surface area contributed by atoms with Gasteiger partial charge in [0.05, 0.1) is 0 Å². The van der Waals surface area contributed by atoms with E-state index < -0.39 is 0 Å². The largest absolute Gasteiger partial charge is 0.507 e. The van der Waals surface area contributed by atoms with Gasteiger partial charge < -0.3 is 19.9 Å². The molecule has 4 nitrogen and oxygen atoms in total. The van der Waals surface area contributed by atoms with Gasteiger partial charge in [-0.15, -0.1) is 0 Å². The lowest BCUT2D eigenvalue weighted by Crippen LogP contribution is -2.44. The van der Waals surface area contributed by atoms with E-state index in [9.17, 15) is 5.11 Å². The summed E-state index contributed by atoms with van der Waals surface area (Å²) in [6.45, 7) is 5.85. The third kappa shape index (κ3) is 2.81. The summed E-state index contributed by atoms with van der Waals surface area (Å²) < 4.78 is 0. The Labute approximate surface area is 120 Å². The van der Waals surface area contributed by atoms with Crippen LogP contribution < -0.4 is 0 Å². The number of phenols is 1. The number of fused-ring (bicyclic) bond motifs is 1. The van der Waals surface area contributed by atoms with Crippen LogP contribution in [0.4, 0.5) is 0 Å². The minimum absolute atomic E-state index is 0.387. The van der Waals surface area contributed by atoms with Gasteiger partial charge in [-0.25, -0.2) is 0 Å². The first kappa shape index (κ1) is 13.5. The van der Waals surface area contributed by atoms with Crippen LogP contribution in [0.1, 0.15) is 12.0 Å². The van der Waals surface area contributed by atoms with E-state index in [1.54, 1.807) is 6.07 Å². The lowest BCUT2D eigenvalue weighted by Gasteiger charge is -2.32. The standard InChI is InChI=1S/C16H23N3O/c1-18-8-10-19(11-9-18)7-3-4-13-12-17-14-5-2-6-15(20)16(13)14/h2,5-6,12,17,20H,3-4,7-11H2,1H3. The number of nitrogens with zero attached hydrogens (tertiary/aromatic N) is 2. The molecule has 1 saturated heterocycles. The lowest BCUT2D eigenvalue weighted by atomic mass is 10.1. The smallest absolute Gasteiger partial charge is 0.125 e. The maximum atomic E-state index is 9.98. The van der Waals surface area contributed by atoms with E-state index in [4.69, 9.17) is 0 Å². The van der Waals surface area contributed by atoms with E-state index in [-0.39, 0.29) is 0 Å². The molecular formula is C16H23N3O. The molecule has 20 heavy (non-hydrogen) atoms. The number of aromatic amines is 1. The van der Waals surface area contributed by atoms with Crippen LogP contribution in [-0.4, -0.2) is 59.7 Å². The number of H-pyrrole nitrogens is 1. The molecule has 0 saturated carbocycles. The highest BCUT2D eigenvalue weighted by atomic mass is 16.3. The van der Waals surface area contributed by atoms with Crippen LogP contribution in [-0.2, 0) is 6.42 Å². The van der Waals surface area contributed by atoms with Gasteiger partial charge in [0.25, 0.3) is 0 Å². The normalized spacial score (nSPS) is 17.9. The van der Waals surface area contributed by atoms with E-state index in [0.29, 0.717) is 5.75 Å². The van der Waals surface area contributed by atoms with Crippen molar-refractivity contribution in [1.82, 2.24) is 14.8 Å². The number of hydrogen-bond donors (Lipinski definition) is 2. The average Bonchev–Trinajstić information content (AvgIpc) is 2.86. The fourth-order valence-electron chi connectivity index (χ4n) is 3.00. The molecule has 2 N–H and O–H groups in total. The second-order valence-corrected chi connectivity index (χ2v) is 5.76. The molecule has 0 bridgehead atoms. The Morgan fingerprint density at radius 2 is 2.00 bits per heavy atom. The van der Waals surface area contributed by atoms with Crippen molar-refractivity contribution in [2.75, 3.05) is 39.8 Å². The fraction of sp³-hybridized carbons (Fsp3) is 0.500. The first-order chi connectivity index (χ1) is 9.74. The summed E-state index contributed by atoms with van der Waals surface area (Å²) in [6, 6.07) is 5.65. The third-order valence-electron chi connectivity index (χ3n) is 4.28. The van der Waals surface area contributed by atoms with Gasteiger partial charge >= 0.3 is 0 Å². The van der Waals surface area contributed by atoms with E-state index in [2.05, 4.69) is 21.8 Å². The zero-order chi connectivity index (χ0) is 13.9. The van der Waals surface area contributed by atoms with Crippen LogP contribution in [0.3, 0.4) is 0 Å². The van der Waals surface area contributed by atoms with Gasteiger partial charge in [-0.3, -0.25) is 0 Å². The van der Waals surface area contributed by atoms with Crippen LogP contribution >= 0.6 is 0 Å². The quantitative estimate of drug-likeness (QED) is 0.896. The molecule has 1 aliphatic heterocycles. The molecule has 0 radical (unpaired) electrons. The number of benzene rings is 1. The molecule has 2 aromatic rings. The summed E-state index contributed by atoms with van der Waals surface area (Å²) in [7, 11) is 2.19. The monoisotopic (exact) mass is 273 g/mol. The summed E-state index contributed by atoms with van der Waals surface area (Å²) in [5, 5.41) is 11.0. The summed E-state index contributed by atoms with van der Waals surface area (Å²) in [5.41, 5.74) is 2.26. The van der Waals surface area contributed by atoms with E-state index >= 15 is 0 Å². The van der Waals surface area contributed by atoms with Gasteiger partial charge in [-0.05, 0) is 44.1 Å². The van der Waals surface area contributed by atoms with Crippen molar-refractivity contribution < 1.29 is 5.11 Å². The molecule has 2 heterocycles. The molecule has 1 aromatic heterocycles. The molecular weight excluding hydrogens is 250 g/mol. The van der Waals surface area contributed by atoms with Crippen LogP contribution in [0, 0.1) is 0 Å². The first-order valence-corrected chi connectivity index (χ1v) is 7.43. The molecule has 1 fully saturated rings. The minimum Gasteiger partial charge on any atom is -0.507 e. The number of nitrogens with one attached hydrogen (secondary N) is 1. The maximum absolute atomic E-state index is 9.98. The third-order valence-corrected chi connectivity index (χ3v) is 4.28. The van der Waals surface area contributed by atoms with Crippen molar-refractivity contribution in [3.8, 4) is 5.75 Å². The topological polar surface area (TPSA) is 42.5 Å². The number of piperazine rings is 1. The number of rotatable bonds is 4. The number of phenolic OH excluding ortho intramolecular Hbond substituents is 1. The Hall–Kier alpha value is -1.52. The van der Waals surface area contributed by atoms with Crippen LogP contribution in [0.5, 0.6) is 5.75 Å². The van der Waals surface area contributed by atoms with Gasteiger partial charge in [-0.2, -0.15) is 0 Å². The molecule has 1 aliphatic rings. The Morgan fingerprint density at radius 1 is 1.20 bits per heavy atom. The maximum Gasteiger partial charge on any atom is 0.125 e. The Morgan fingerprint density at radius 3 is 2.80 bits per heavy atom. The highest BCUT2D eigenvalue weighted by Gasteiger charge is 2.13. The number of aromatic hydroxyl groups is 1. The molecule has 1 aromatic carbocycles. The molecule has 4 heteroatoms. The van der Waals surface area contributed by atoms with Crippen molar-refractivity contribution in [1.29, 1.82) is 0 Å². The SMILES string of the molecule is CN1CCN(CCCc2c[nH]c3cccc(O)c23)CC1. The molecule has 0 amide bonds. The molecule has 3 rings (SSSR count). The van der Waals surface area contributed by atoms with E-state index in [1.807, 2.05) is 18.3 Å². The predicted octanol–water partition coefficient (Wildman–Crippen LogP) is 2.05. The Bertz CT molecular complexity index is 570. The highest BCUT2D eigenvalue weighted by Crippen LogP contribution is 2.28. The van der Waals surface area contributed by atoms with Gasteiger partial charge in [0.1, 0.15) is 5.75 Å². The lowest BCUT2D eigenvalue weighted by molar-refractivity contribution is 0.153. The van der Waals surface area contributed by atoms with Crippen molar-refractivity contribution in [2.24, 2.45) is 0 Å². The second-order valence-electron chi connectivity index (χ2n) is 5.76. The molecule has 0 spiro atoms. The fourth-order valence-corrected chi connectivity index (χ4v) is 3.00. The summed E-state index contributed by atoms with van der Waals surface area (Å²) in [6.07, 6.45) is 4.20. The average molecular weight is 273 g/mol. The number of hydrogen-bond acceptors (Lipinski definition) is 3. The molecule has 0 aliphatic carbocycles. The van der Waals surface area contributed by atoms with Crippen molar-refractivity contribution in [3.63, 3.8) is 0 Å². The van der Waals surface area contributed by atoms with Crippen molar-refractivity contribution in [2.45, 2.75) is 12.8 Å².